The maximum atomic E-state index is 5.72. The second kappa shape index (κ2) is 6.13. The maximum Gasteiger partial charge on any atom is 0.236 e. The van der Waals surface area contributed by atoms with E-state index in [0.29, 0.717) is 0 Å². The van der Waals surface area contributed by atoms with E-state index in [1.54, 1.807) is 0 Å². The summed E-state index contributed by atoms with van der Waals surface area (Å²) in [6.45, 7) is 4.14. The van der Waals surface area contributed by atoms with Gasteiger partial charge in [-0.25, -0.2) is 4.98 Å². The highest BCUT2D eigenvalue weighted by molar-refractivity contribution is 5.63. The van der Waals surface area contributed by atoms with Gasteiger partial charge in [0, 0.05) is 31.0 Å². The monoisotopic (exact) mass is 323 g/mol. The topological polar surface area (TPSA) is 54.7 Å². The molecule has 1 atom stereocenters. The lowest BCUT2D eigenvalue weighted by molar-refractivity contribution is 0.194. The van der Waals surface area contributed by atoms with E-state index in [1.807, 2.05) is 61.1 Å². The molecule has 1 aliphatic heterocycles. The van der Waals surface area contributed by atoms with Crippen molar-refractivity contribution >= 4 is 11.6 Å². The van der Waals surface area contributed by atoms with Gasteiger partial charge >= 0.3 is 0 Å². The average Bonchev–Trinajstić information content (AvgIpc) is 2.97. The molecular weight excluding hydrogens is 302 g/mol. The normalized spacial score (nSPS) is 15.3. The van der Waals surface area contributed by atoms with Gasteiger partial charge < -0.3 is 9.64 Å². The van der Waals surface area contributed by atoms with Crippen molar-refractivity contribution in [3.8, 4) is 17.0 Å². The Morgan fingerprint density at radius 3 is 2.58 bits per heavy atom. The lowest BCUT2D eigenvalue weighted by Gasteiger charge is -2.31. The van der Waals surface area contributed by atoms with E-state index >= 15 is 0 Å². The number of benzene rings is 1. The number of aromatic nitrogens is 3. The molecule has 0 bridgehead atoms. The Hall–Kier alpha value is -2.60. The Morgan fingerprint density at radius 2 is 1.92 bits per heavy atom. The quantitative estimate of drug-likeness (QED) is 0.731. The van der Waals surface area contributed by atoms with E-state index in [2.05, 4.69) is 20.2 Å². The molecule has 1 saturated heterocycles. The minimum atomic E-state index is -0.0184. The Bertz CT molecular complexity index is 838. The van der Waals surface area contributed by atoms with E-state index in [9.17, 15) is 0 Å². The van der Waals surface area contributed by atoms with Crippen LogP contribution in [-0.4, -0.2) is 40.7 Å². The van der Waals surface area contributed by atoms with Crippen LogP contribution in [0.3, 0.4) is 0 Å². The summed E-state index contributed by atoms with van der Waals surface area (Å²) in [5.41, 5.74) is 1.96. The minimum Gasteiger partial charge on any atom is -0.476 e. The smallest absolute Gasteiger partial charge is 0.236 e. The summed E-state index contributed by atoms with van der Waals surface area (Å²) in [6.07, 6.45) is 5.26. The van der Waals surface area contributed by atoms with Crippen molar-refractivity contribution in [3.05, 3.63) is 42.7 Å². The largest absolute Gasteiger partial charge is 0.476 e. The van der Waals surface area contributed by atoms with Crippen LogP contribution in [0.1, 0.15) is 13.3 Å². The molecule has 1 unspecified atom stereocenters. The third-order valence-electron chi connectivity index (χ3n) is 4.36. The molecule has 124 valence electrons. The number of rotatable bonds is 5. The standard InChI is InChI=1S/C18H21N5O/c1-13(19-2)24-15-6-4-14(5-7-15)16-12-23-11-8-17(21-18(23)20-16)22-9-3-10-22/h4-8,11-13,19H,3,9-10H2,1-2H3. The first-order chi connectivity index (χ1) is 11.7. The van der Waals surface area contributed by atoms with Gasteiger partial charge in [0.05, 0.1) is 5.69 Å². The maximum absolute atomic E-state index is 5.72. The molecule has 0 saturated carbocycles. The molecule has 0 spiro atoms. The summed E-state index contributed by atoms with van der Waals surface area (Å²) in [5, 5.41) is 3.05. The number of fused-ring (bicyclic) bond motifs is 1. The van der Waals surface area contributed by atoms with E-state index in [-0.39, 0.29) is 6.23 Å². The lowest BCUT2D eigenvalue weighted by Crippen LogP contribution is -2.37. The van der Waals surface area contributed by atoms with Crippen LogP contribution in [0.5, 0.6) is 5.75 Å². The SMILES string of the molecule is CNC(C)Oc1ccc(-c2cn3ccc(N4CCC4)nc3n2)cc1. The van der Waals surface area contributed by atoms with Gasteiger partial charge in [-0.05, 0) is 50.7 Å². The fourth-order valence-corrected chi connectivity index (χ4v) is 2.69. The van der Waals surface area contributed by atoms with Crippen molar-refractivity contribution in [3.63, 3.8) is 0 Å². The summed E-state index contributed by atoms with van der Waals surface area (Å²) < 4.78 is 7.68. The van der Waals surface area contributed by atoms with Gasteiger partial charge in [0.15, 0.2) is 0 Å². The van der Waals surface area contributed by atoms with Gasteiger partial charge in [-0.3, -0.25) is 9.72 Å². The van der Waals surface area contributed by atoms with Crippen LogP contribution in [-0.2, 0) is 0 Å². The molecular formula is C18H21N5O. The molecule has 1 aliphatic rings. The molecule has 1 fully saturated rings. The van der Waals surface area contributed by atoms with Gasteiger partial charge in [-0.1, -0.05) is 0 Å². The van der Waals surface area contributed by atoms with Gasteiger partial charge in [-0.2, -0.15) is 4.98 Å². The summed E-state index contributed by atoms with van der Waals surface area (Å²) in [6, 6.07) is 10.0. The van der Waals surface area contributed by atoms with Crippen molar-refractivity contribution in [1.29, 1.82) is 0 Å². The summed E-state index contributed by atoms with van der Waals surface area (Å²) in [5.74, 6) is 2.58. The molecule has 6 nitrogen and oxygen atoms in total. The summed E-state index contributed by atoms with van der Waals surface area (Å²) in [4.78, 5) is 11.6. The van der Waals surface area contributed by atoms with E-state index < -0.39 is 0 Å². The third-order valence-corrected chi connectivity index (χ3v) is 4.36. The van der Waals surface area contributed by atoms with Crippen LogP contribution in [0.25, 0.3) is 17.0 Å². The number of imidazole rings is 1. The molecule has 0 radical (unpaired) electrons. The van der Waals surface area contributed by atoms with Crippen LogP contribution < -0.4 is 15.0 Å². The summed E-state index contributed by atoms with van der Waals surface area (Å²) in [7, 11) is 1.87. The first-order valence-corrected chi connectivity index (χ1v) is 8.28. The Morgan fingerprint density at radius 1 is 1.12 bits per heavy atom. The Kier molecular flexibility index (Phi) is 3.82. The van der Waals surface area contributed by atoms with Gasteiger partial charge in [0.25, 0.3) is 0 Å². The highest BCUT2D eigenvalue weighted by Gasteiger charge is 2.16. The van der Waals surface area contributed by atoms with Gasteiger partial charge in [-0.15, -0.1) is 0 Å². The number of anilines is 1. The first-order valence-electron chi connectivity index (χ1n) is 8.28. The number of hydrogen-bond acceptors (Lipinski definition) is 5. The molecule has 3 heterocycles. The van der Waals surface area contributed by atoms with Gasteiger partial charge in [0.1, 0.15) is 17.8 Å². The fourth-order valence-electron chi connectivity index (χ4n) is 2.69. The van der Waals surface area contributed by atoms with Crippen molar-refractivity contribution in [2.45, 2.75) is 19.6 Å². The fraction of sp³-hybridized carbons (Fsp3) is 0.333. The highest BCUT2D eigenvalue weighted by atomic mass is 16.5. The second-order valence-corrected chi connectivity index (χ2v) is 6.03. The number of ether oxygens (including phenoxy) is 1. The highest BCUT2D eigenvalue weighted by Crippen LogP contribution is 2.24. The molecule has 4 rings (SSSR count). The van der Waals surface area contributed by atoms with Gasteiger partial charge in [0.2, 0.25) is 5.78 Å². The minimum absolute atomic E-state index is 0.0184. The number of nitrogens with zero attached hydrogens (tertiary/aromatic N) is 4. The van der Waals surface area contributed by atoms with Crippen molar-refractivity contribution < 1.29 is 4.74 Å². The molecule has 0 aliphatic carbocycles. The molecule has 6 heteroatoms. The van der Waals surface area contributed by atoms with Crippen LogP contribution >= 0.6 is 0 Å². The van der Waals surface area contributed by atoms with E-state index in [1.165, 1.54) is 6.42 Å². The first kappa shape index (κ1) is 15.0. The predicted molar refractivity (Wildman–Crippen MR) is 94.4 cm³/mol. The number of hydrogen-bond donors (Lipinski definition) is 1. The third kappa shape index (κ3) is 2.80. The van der Waals surface area contributed by atoms with Crippen molar-refractivity contribution in [1.82, 2.24) is 19.7 Å². The summed E-state index contributed by atoms with van der Waals surface area (Å²) >= 11 is 0. The van der Waals surface area contributed by atoms with E-state index in [4.69, 9.17) is 4.74 Å². The predicted octanol–water partition coefficient (Wildman–Crippen LogP) is 2.55. The molecule has 3 aromatic rings. The van der Waals surface area contributed by atoms with E-state index in [0.717, 1.165) is 41.7 Å². The zero-order valence-corrected chi connectivity index (χ0v) is 13.9. The van der Waals surface area contributed by atoms with Crippen LogP contribution in [0, 0.1) is 0 Å². The molecule has 1 N–H and O–H groups in total. The van der Waals surface area contributed by atoms with Crippen LogP contribution in [0.4, 0.5) is 5.82 Å². The number of nitrogens with one attached hydrogen (secondary N) is 1. The molecule has 2 aromatic heterocycles. The molecule has 24 heavy (non-hydrogen) atoms. The Balaban J connectivity index is 1.59. The molecule has 1 aromatic carbocycles. The second-order valence-electron chi connectivity index (χ2n) is 6.03. The zero-order chi connectivity index (χ0) is 16.5. The van der Waals surface area contributed by atoms with Crippen molar-refractivity contribution in [2.24, 2.45) is 0 Å². The Labute approximate surface area is 141 Å². The zero-order valence-electron chi connectivity index (χ0n) is 13.9. The van der Waals surface area contributed by atoms with Crippen LogP contribution in [0.15, 0.2) is 42.7 Å². The van der Waals surface area contributed by atoms with Crippen LogP contribution in [0.2, 0.25) is 0 Å². The van der Waals surface area contributed by atoms with Crippen molar-refractivity contribution in [2.75, 3.05) is 25.0 Å². The molecule has 0 amide bonds. The average molecular weight is 323 g/mol. The lowest BCUT2D eigenvalue weighted by atomic mass is 10.2.